The highest BCUT2D eigenvalue weighted by Gasteiger charge is 2.33. The fourth-order valence-corrected chi connectivity index (χ4v) is 7.07. The Kier molecular flexibility index (Phi) is 16.1. The van der Waals surface area contributed by atoms with E-state index in [4.69, 9.17) is 23.9 Å². The van der Waals surface area contributed by atoms with Gasteiger partial charge in [0.1, 0.15) is 40.9 Å². The number of unbranched alkanes of at least 4 members (excludes halogenated alkanes) is 1. The molecule has 0 unspecified atom stereocenters. The molecule has 1 aromatic heterocycles. The maximum Gasteiger partial charge on any atom is 0.416 e. The molecule has 0 atom stereocenters. The number of aryl methyl sites for hydroxylation is 2. The second kappa shape index (κ2) is 21.0. The van der Waals surface area contributed by atoms with Crippen molar-refractivity contribution in [2.24, 2.45) is 0 Å². The van der Waals surface area contributed by atoms with E-state index in [0.717, 1.165) is 112 Å². The maximum absolute atomic E-state index is 13.8. The van der Waals surface area contributed by atoms with Gasteiger partial charge in [-0.05, 0) is 109 Å². The summed E-state index contributed by atoms with van der Waals surface area (Å²) in [6.07, 6.45) is 1.55. The van der Waals surface area contributed by atoms with E-state index in [-0.39, 0.29) is 11.3 Å². The molecule has 0 aliphatic carbocycles. The number of benzene rings is 3. The summed E-state index contributed by atoms with van der Waals surface area (Å²) < 4.78 is 69.0. The molecule has 1 aliphatic heterocycles. The molecule has 9 nitrogen and oxygen atoms in total. The van der Waals surface area contributed by atoms with Gasteiger partial charge in [0.15, 0.2) is 5.75 Å². The zero-order chi connectivity index (χ0) is 40.1. The topological polar surface area (TPSA) is 64.5 Å². The molecule has 308 valence electrons. The molecule has 4 aromatic rings. The van der Waals surface area contributed by atoms with Crippen LogP contribution >= 0.6 is 0 Å². The summed E-state index contributed by atoms with van der Waals surface area (Å²) in [5.74, 6) is 3.17. The summed E-state index contributed by atoms with van der Waals surface area (Å²) in [7, 11) is 2.11. The highest BCUT2D eigenvalue weighted by atomic mass is 19.4. The van der Waals surface area contributed by atoms with Crippen molar-refractivity contribution in [1.29, 1.82) is 0 Å². The number of ether oxygens (including phenoxy) is 4. The molecule has 0 saturated carbocycles. The predicted octanol–water partition coefficient (Wildman–Crippen LogP) is 9.93. The van der Waals surface area contributed by atoms with Crippen molar-refractivity contribution in [3.63, 3.8) is 0 Å². The van der Waals surface area contributed by atoms with Gasteiger partial charge >= 0.3 is 6.18 Å². The van der Waals surface area contributed by atoms with Crippen LogP contribution in [-0.2, 0) is 12.7 Å². The van der Waals surface area contributed by atoms with Crippen LogP contribution in [0.4, 0.5) is 13.2 Å². The van der Waals surface area contributed by atoms with Crippen molar-refractivity contribution < 1.29 is 32.1 Å². The standard InChI is InChI=1S/C44H62F3N5O4/c1-7-11-24-52-39-30-36(53-26-15-23-50(9-3)10-4)32-41(54-27-14-20-49(6)8-2)42(39)48-43(52)37-19-18-35(31-40(37)55-28-25-51-21-12-13-22-51)56-34-17-16-33(5)38(29-34)44(45,46)47/h16-19,29-32H,7-15,20-28H2,1-6H3. The van der Waals surface area contributed by atoms with E-state index in [1.807, 2.05) is 12.1 Å². The van der Waals surface area contributed by atoms with Crippen LogP contribution in [0.5, 0.6) is 28.7 Å². The molecule has 1 aliphatic rings. The molecular weight excluding hydrogens is 720 g/mol. The first kappa shape index (κ1) is 43.1. The van der Waals surface area contributed by atoms with Crippen molar-refractivity contribution in [3.05, 3.63) is 59.7 Å². The Balaban J connectivity index is 1.54. The monoisotopic (exact) mass is 781 g/mol. The Labute approximate surface area is 331 Å². The van der Waals surface area contributed by atoms with Gasteiger partial charge in [0.2, 0.25) is 0 Å². The van der Waals surface area contributed by atoms with Crippen LogP contribution in [0.1, 0.15) is 77.3 Å². The molecule has 0 bridgehead atoms. The molecule has 56 heavy (non-hydrogen) atoms. The molecule has 0 N–H and O–H groups in total. The molecule has 12 heteroatoms. The Morgan fingerprint density at radius 3 is 2.12 bits per heavy atom. The van der Waals surface area contributed by atoms with Crippen LogP contribution in [0.15, 0.2) is 48.5 Å². The second-order valence-corrected chi connectivity index (χ2v) is 14.7. The summed E-state index contributed by atoms with van der Waals surface area (Å²) >= 11 is 0. The number of likely N-dealkylation sites (tertiary alicyclic amines) is 1. The van der Waals surface area contributed by atoms with Crippen LogP contribution in [0.25, 0.3) is 22.4 Å². The number of nitrogens with zero attached hydrogens (tertiary/aromatic N) is 5. The number of rotatable bonds is 23. The van der Waals surface area contributed by atoms with Crippen LogP contribution in [0.2, 0.25) is 0 Å². The van der Waals surface area contributed by atoms with Crippen molar-refractivity contribution in [2.75, 3.05) is 79.2 Å². The Morgan fingerprint density at radius 2 is 1.41 bits per heavy atom. The first-order valence-corrected chi connectivity index (χ1v) is 20.6. The molecule has 3 aromatic carbocycles. The van der Waals surface area contributed by atoms with Gasteiger partial charge in [-0.2, -0.15) is 13.2 Å². The van der Waals surface area contributed by atoms with Crippen molar-refractivity contribution in [2.45, 2.75) is 85.9 Å². The average molecular weight is 782 g/mol. The number of fused-ring (bicyclic) bond motifs is 1. The SMILES string of the molecule is CCCCn1c(-c2ccc(Oc3ccc(C)c(C(F)(F)F)c3)cc2OCCN2CCCC2)nc2c(OCCCN(C)CC)cc(OCCCN(CC)CC)cc21. The lowest BCUT2D eigenvalue weighted by Crippen LogP contribution is -2.25. The third kappa shape index (κ3) is 11.8. The van der Waals surface area contributed by atoms with Crippen molar-refractivity contribution in [3.8, 4) is 40.1 Å². The van der Waals surface area contributed by atoms with Gasteiger partial charge < -0.3 is 33.3 Å². The highest BCUT2D eigenvalue weighted by Crippen LogP contribution is 2.41. The third-order valence-corrected chi connectivity index (χ3v) is 10.6. The minimum atomic E-state index is -4.49. The summed E-state index contributed by atoms with van der Waals surface area (Å²) in [5.41, 5.74) is 1.85. The summed E-state index contributed by atoms with van der Waals surface area (Å²) in [6.45, 7) is 20.1. The molecule has 0 spiro atoms. The Bertz CT molecular complexity index is 1820. The van der Waals surface area contributed by atoms with E-state index in [0.29, 0.717) is 43.6 Å². The van der Waals surface area contributed by atoms with Crippen LogP contribution < -0.4 is 18.9 Å². The number of hydrogen-bond donors (Lipinski definition) is 0. The van der Waals surface area contributed by atoms with E-state index in [1.54, 1.807) is 18.2 Å². The quantitative estimate of drug-likeness (QED) is 0.0690. The first-order chi connectivity index (χ1) is 27.0. The fraction of sp³-hybridized carbons (Fsp3) is 0.568. The molecular formula is C44H62F3N5O4. The predicted molar refractivity (Wildman–Crippen MR) is 219 cm³/mol. The minimum Gasteiger partial charge on any atom is -0.493 e. The molecule has 2 heterocycles. The smallest absolute Gasteiger partial charge is 0.416 e. The highest BCUT2D eigenvalue weighted by molar-refractivity contribution is 5.88. The summed E-state index contributed by atoms with van der Waals surface area (Å²) in [6, 6.07) is 13.5. The van der Waals surface area contributed by atoms with Gasteiger partial charge in [0.05, 0.1) is 29.9 Å². The lowest BCUT2D eigenvalue weighted by atomic mass is 10.1. The summed E-state index contributed by atoms with van der Waals surface area (Å²) in [4.78, 5) is 12.3. The number of aromatic nitrogens is 2. The lowest BCUT2D eigenvalue weighted by molar-refractivity contribution is -0.138. The number of imidazole rings is 1. The van der Waals surface area contributed by atoms with Crippen LogP contribution in [-0.4, -0.2) is 103 Å². The Hall–Kier alpha value is -4.00. The lowest BCUT2D eigenvalue weighted by Gasteiger charge is -2.18. The molecule has 5 rings (SSSR count). The number of halogens is 3. The van der Waals surface area contributed by atoms with Crippen LogP contribution in [0.3, 0.4) is 0 Å². The average Bonchev–Trinajstić information content (AvgIpc) is 3.84. The van der Waals surface area contributed by atoms with Gasteiger partial charge in [0, 0.05) is 44.4 Å². The second-order valence-electron chi connectivity index (χ2n) is 14.7. The van der Waals surface area contributed by atoms with E-state index >= 15 is 0 Å². The van der Waals surface area contributed by atoms with Crippen LogP contribution in [0, 0.1) is 6.92 Å². The molecule has 0 amide bonds. The van der Waals surface area contributed by atoms with Gasteiger partial charge in [0.25, 0.3) is 0 Å². The number of hydrogen-bond acceptors (Lipinski definition) is 8. The fourth-order valence-electron chi connectivity index (χ4n) is 7.07. The maximum atomic E-state index is 13.8. The largest absolute Gasteiger partial charge is 0.493 e. The van der Waals surface area contributed by atoms with Gasteiger partial charge in [-0.3, -0.25) is 4.90 Å². The number of alkyl halides is 3. The van der Waals surface area contributed by atoms with Gasteiger partial charge in [-0.15, -0.1) is 0 Å². The summed E-state index contributed by atoms with van der Waals surface area (Å²) in [5, 5.41) is 0. The molecule has 1 fully saturated rings. The van der Waals surface area contributed by atoms with E-state index in [1.165, 1.54) is 25.8 Å². The molecule has 1 saturated heterocycles. The zero-order valence-electron chi connectivity index (χ0n) is 34.3. The Morgan fingerprint density at radius 1 is 0.732 bits per heavy atom. The minimum absolute atomic E-state index is 0.102. The van der Waals surface area contributed by atoms with E-state index in [2.05, 4.69) is 60.1 Å². The van der Waals surface area contributed by atoms with E-state index < -0.39 is 11.7 Å². The van der Waals surface area contributed by atoms with E-state index in [9.17, 15) is 13.2 Å². The van der Waals surface area contributed by atoms with Crippen molar-refractivity contribution >= 4 is 11.0 Å². The van der Waals surface area contributed by atoms with Crippen molar-refractivity contribution in [1.82, 2.24) is 24.3 Å². The normalized spacial score (nSPS) is 13.7. The van der Waals surface area contributed by atoms with Gasteiger partial charge in [-0.1, -0.05) is 40.2 Å². The van der Waals surface area contributed by atoms with Gasteiger partial charge in [-0.25, -0.2) is 4.98 Å². The molecule has 0 radical (unpaired) electrons. The third-order valence-electron chi connectivity index (χ3n) is 10.6. The first-order valence-electron chi connectivity index (χ1n) is 20.6. The zero-order valence-corrected chi connectivity index (χ0v) is 34.3.